The molecule has 1 heterocycles. The van der Waals surface area contributed by atoms with Crippen LogP contribution in [0.15, 0.2) is 53.0 Å². The molecule has 0 bridgehead atoms. The van der Waals surface area contributed by atoms with Crippen LogP contribution in [0.3, 0.4) is 0 Å². The third-order valence-electron chi connectivity index (χ3n) is 4.83. The molecule has 2 N–H and O–H groups in total. The molecule has 23 heavy (non-hydrogen) atoms. The molecular formula is C20H25BrNO+. The Morgan fingerprint density at radius 2 is 1.52 bits per heavy atom. The van der Waals surface area contributed by atoms with Crippen molar-refractivity contribution >= 4 is 15.9 Å². The highest BCUT2D eigenvalue weighted by molar-refractivity contribution is 9.10. The summed E-state index contributed by atoms with van der Waals surface area (Å²) < 4.78 is 6.88. The van der Waals surface area contributed by atoms with E-state index in [9.17, 15) is 0 Å². The van der Waals surface area contributed by atoms with Gasteiger partial charge in [0.25, 0.3) is 0 Å². The summed E-state index contributed by atoms with van der Waals surface area (Å²) in [5.74, 6) is 0.976. The monoisotopic (exact) mass is 374 g/mol. The van der Waals surface area contributed by atoms with Crippen LogP contribution in [0.25, 0.3) is 0 Å². The second-order valence-electron chi connectivity index (χ2n) is 6.33. The summed E-state index contributed by atoms with van der Waals surface area (Å²) in [5.41, 5.74) is 2.98. The van der Waals surface area contributed by atoms with Crippen molar-refractivity contribution < 1.29 is 10.1 Å². The third kappa shape index (κ3) is 3.61. The summed E-state index contributed by atoms with van der Waals surface area (Å²) in [4.78, 5) is 0. The SMILES string of the molecule is CCCOc1ccc(C2(c3ccc(Br)cc3)CC[NH2+]CC2)cc1. The van der Waals surface area contributed by atoms with E-state index >= 15 is 0 Å². The molecule has 0 atom stereocenters. The van der Waals surface area contributed by atoms with E-state index in [1.165, 1.54) is 37.1 Å². The maximum absolute atomic E-state index is 5.74. The van der Waals surface area contributed by atoms with Gasteiger partial charge in [0, 0.05) is 22.7 Å². The molecule has 0 aromatic heterocycles. The molecule has 3 heteroatoms. The van der Waals surface area contributed by atoms with Gasteiger partial charge in [-0.2, -0.15) is 0 Å². The summed E-state index contributed by atoms with van der Waals surface area (Å²) in [6.07, 6.45) is 3.41. The van der Waals surface area contributed by atoms with Crippen molar-refractivity contribution in [2.24, 2.45) is 0 Å². The van der Waals surface area contributed by atoms with Crippen LogP contribution in [0.4, 0.5) is 0 Å². The zero-order chi connectivity index (χ0) is 16.1. The fourth-order valence-corrected chi connectivity index (χ4v) is 3.83. The predicted molar refractivity (Wildman–Crippen MR) is 98.0 cm³/mol. The number of ether oxygens (including phenoxy) is 1. The minimum atomic E-state index is 0.138. The Balaban J connectivity index is 1.94. The number of rotatable bonds is 5. The molecule has 0 amide bonds. The Hall–Kier alpha value is -1.32. The average Bonchev–Trinajstić information content (AvgIpc) is 2.61. The second-order valence-corrected chi connectivity index (χ2v) is 7.24. The summed E-state index contributed by atoms with van der Waals surface area (Å²) in [5, 5.41) is 2.43. The first-order valence-electron chi connectivity index (χ1n) is 8.56. The number of hydrogen-bond acceptors (Lipinski definition) is 1. The number of benzene rings is 2. The lowest BCUT2D eigenvalue weighted by atomic mass is 9.68. The van der Waals surface area contributed by atoms with Crippen molar-refractivity contribution in [3.05, 3.63) is 64.1 Å². The van der Waals surface area contributed by atoms with E-state index in [4.69, 9.17) is 4.74 Å². The lowest BCUT2D eigenvalue weighted by molar-refractivity contribution is -0.665. The van der Waals surface area contributed by atoms with Gasteiger partial charge in [-0.3, -0.25) is 0 Å². The highest BCUT2D eigenvalue weighted by Gasteiger charge is 2.37. The van der Waals surface area contributed by atoms with E-state index in [1.807, 2.05) is 0 Å². The quantitative estimate of drug-likeness (QED) is 0.843. The Kier molecular flexibility index (Phi) is 5.39. The van der Waals surface area contributed by atoms with Gasteiger partial charge in [0.05, 0.1) is 19.7 Å². The minimum Gasteiger partial charge on any atom is -0.494 e. The van der Waals surface area contributed by atoms with E-state index in [0.717, 1.165) is 23.2 Å². The minimum absolute atomic E-state index is 0.138. The lowest BCUT2D eigenvalue weighted by Crippen LogP contribution is -2.87. The molecule has 1 fully saturated rings. The fourth-order valence-electron chi connectivity index (χ4n) is 3.57. The molecule has 2 aromatic rings. The largest absolute Gasteiger partial charge is 0.494 e. The topological polar surface area (TPSA) is 25.8 Å². The number of halogens is 1. The molecule has 2 nitrogen and oxygen atoms in total. The van der Waals surface area contributed by atoms with Crippen LogP contribution in [0.1, 0.15) is 37.3 Å². The van der Waals surface area contributed by atoms with E-state index in [0.29, 0.717) is 0 Å². The van der Waals surface area contributed by atoms with Crippen molar-refractivity contribution in [1.29, 1.82) is 0 Å². The van der Waals surface area contributed by atoms with Gasteiger partial charge in [-0.15, -0.1) is 0 Å². The predicted octanol–water partition coefficient (Wildman–Crippen LogP) is 3.88. The van der Waals surface area contributed by atoms with Gasteiger partial charge in [-0.25, -0.2) is 0 Å². The van der Waals surface area contributed by atoms with Crippen LogP contribution in [0.5, 0.6) is 5.75 Å². The first kappa shape index (κ1) is 16.5. The number of nitrogens with two attached hydrogens (primary N) is 1. The van der Waals surface area contributed by atoms with Crippen LogP contribution in [0, 0.1) is 0 Å². The highest BCUT2D eigenvalue weighted by atomic mass is 79.9. The number of hydrogen-bond donors (Lipinski definition) is 1. The first-order valence-corrected chi connectivity index (χ1v) is 9.35. The van der Waals surface area contributed by atoms with Crippen molar-refractivity contribution in [2.75, 3.05) is 19.7 Å². The summed E-state index contributed by atoms with van der Waals surface area (Å²) >= 11 is 3.55. The number of quaternary nitrogens is 1. The summed E-state index contributed by atoms with van der Waals surface area (Å²) in [7, 11) is 0. The van der Waals surface area contributed by atoms with Gasteiger partial charge in [0.15, 0.2) is 0 Å². The first-order chi connectivity index (χ1) is 11.2. The molecule has 0 saturated carbocycles. The van der Waals surface area contributed by atoms with Crippen LogP contribution in [-0.2, 0) is 5.41 Å². The van der Waals surface area contributed by atoms with Crippen LogP contribution >= 0.6 is 15.9 Å². The molecule has 2 aromatic carbocycles. The van der Waals surface area contributed by atoms with Gasteiger partial charge in [-0.1, -0.05) is 47.1 Å². The molecule has 0 unspecified atom stereocenters. The zero-order valence-corrected chi connectivity index (χ0v) is 15.3. The van der Waals surface area contributed by atoms with Crippen LogP contribution in [0.2, 0.25) is 0 Å². The maximum Gasteiger partial charge on any atom is 0.119 e. The molecule has 3 rings (SSSR count). The molecule has 1 saturated heterocycles. The van der Waals surface area contributed by atoms with Crippen molar-refractivity contribution in [3.8, 4) is 5.75 Å². The molecule has 0 spiro atoms. The van der Waals surface area contributed by atoms with Crippen LogP contribution in [-0.4, -0.2) is 19.7 Å². The maximum atomic E-state index is 5.74. The molecule has 122 valence electrons. The Morgan fingerprint density at radius 3 is 2.09 bits per heavy atom. The molecule has 1 aliphatic rings. The Labute approximate surface area is 147 Å². The standard InChI is InChI=1S/C20H24BrNO/c1-2-15-23-19-9-5-17(6-10-19)20(11-13-22-14-12-20)16-3-7-18(21)8-4-16/h3-10,22H,2,11-15H2,1H3/p+1. The number of piperidine rings is 1. The smallest absolute Gasteiger partial charge is 0.119 e. The van der Waals surface area contributed by atoms with Crippen LogP contribution < -0.4 is 10.1 Å². The van der Waals surface area contributed by atoms with E-state index in [-0.39, 0.29) is 5.41 Å². The molecular weight excluding hydrogens is 350 g/mol. The Bertz CT molecular complexity index is 615. The van der Waals surface area contributed by atoms with Gasteiger partial charge >= 0.3 is 0 Å². The Morgan fingerprint density at radius 1 is 0.957 bits per heavy atom. The van der Waals surface area contributed by atoms with Gasteiger partial charge < -0.3 is 10.1 Å². The third-order valence-corrected chi connectivity index (χ3v) is 5.36. The van der Waals surface area contributed by atoms with Gasteiger partial charge in [0.2, 0.25) is 0 Å². The normalized spacial score (nSPS) is 17.0. The summed E-state index contributed by atoms with van der Waals surface area (Å²) in [6, 6.07) is 17.7. The molecule has 1 aliphatic heterocycles. The average molecular weight is 375 g/mol. The van der Waals surface area contributed by atoms with E-state index in [1.54, 1.807) is 0 Å². The fraction of sp³-hybridized carbons (Fsp3) is 0.400. The second kappa shape index (κ2) is 7.50. The molecule has 0 radical (unpaired) electrons. The molecule has 0 aliphatic carbocycles. The van der Waals surface area contributed by atoms with Crippen molar-refractivity contribution in [2.45, 2.75) is 31.6 Å². The van der Waals surface area contributed by atoms with Gasteiger partial charge in [0.1, 0.15) is 5.75 Å². The van der Waals surface area contributed by atoms with E-state index in [2.05, 4.69) is 76.7 Å². The lowest BCUT2D eigenvalue weighted by Gasteiger charge is -2.37. The van der Waals surface area contributed by atoms with E-state index < -0.39 is 0 Å². The van der Waals surface area contributed by atoms with Gasteiger partial charge in [-0.05, 0) is 41.8 Å². The van der Waals surface area contributed by atoms with Crippen molar-refractivity contribution in [3.63, 3.8) is 0 Å². The highest BCUT2D eigenvalue weighted by Crippen LogP contribution is 2.40. The zero-order valence-electron chi connectivity index (χ0n) is 13.7. The summed E-state index contributed by atoms with van der Waals surface area (Å²) in [6.45, 7) is 5.29. The van der Waals surface area contributed by atoms with Crippen molar-refractivity contribution in [1.82, 2.24) is 0 Å².